The van der Waals surface area contributed by atoms with Gasteiger partial charge in [-0.3, -0.25) is 9.59 Å². The molecule has 4 aromatic rings. The van der Waals surface area contributed by atoms with Crippen molar-refractivity contribution in [2.75, 3.05) is 23.8 Å². The SMILES string of the molecule is CC(C)(C)C(=O)Nc1cccc2oc(-c3ccccc3NCCOCc3ccccc3)cc(=O)c12. The molecule has 1 heterocycles. The van der Waals surface area contributed by atoms with Gasteiger partial charge in [0, 0.05) is 29.3 Å². The van der Waals surface area contributed by atoms with E-state index < -0.39 is 5.41 Å². The molecule has 0 saturated heterocycles. The van der Waals surface area contributed by atoms with Crippen LogP contribution in [0.2, 0.25) is 0 Å². The predicted octanol–water partition coefficient (Wildman–Crippen LogP) is 6.07. The van der Waals surface area contributed by atoms with Crippen LogP contribution >= 0.6 is 0 Å². The molecule has 1 aromatic heterocycles. The number of hydrogen-bond acceptors (Lipinski definition) is 5. The molecule has 0 fully saturated rings. The molecule has 0 radical (unpaired) electrons. The van der Waals surface area contributed by atoms with Gasteiger partial charge < -0.3 is 19.8 Å². The molecule has 4 rings (SSSR count). The number of benzene rings is 3. The fourth-order valence-electron chi connectivity index (χ4n) is 3.63. The average Bonchev–Trinajstić information content (AvgIpc) is 2.84. The maximum atomic E-state index is 13.1. The average molecular weight is 471 g/mol. The zero-order chi connectivity index (χ0) is 24.8. The monoisotopic (exact) mass is 470 g/mol. The first-order chi connectivity index (χ1) is 16.8. The van der Waals surface area contributed by atoms with Gasteiger partial charge in [-0.15, -0.1) is 0 Å². The standard InChI is InChI=1S/C29H30N2O4/c1-29(2,3)28(33)31-23-14-9-15-25-27(23)24(32)18-26(35-25)21-12-7-8-13-22(21)30-16-17-34-19-20-10-5-4-6-11-20/h4-15,18,30H,16-17,19H2,1-3H3,(H,31,33). The minimum atomic E-state index is -0.586. The summed E-state index contributed by atoms with van der Waals surface area (Å²) < 4.78 is 11.9. The van der Waals surface area contributed by atoms with Crippen molar-refractivity contribution in [3.8, 4) is 11.3 Å². The first-order valence-corrected chi connectivity index (χ1v) is 11.7. The van der Waals surface area contributed by atoms with E-state index in [4.69, 9.17) is 9.15 Å². The first-order valence-electron chi connectivity index (χ1n) is 11.7. The molecule has 0 atom stereocenters. The number of anilines is 2. The van der Waals surface area contributed by atoms with Crippen LogP contribution < -0.4 is 16.1 Å². The topological polar surface area (TPSA) is 80.6 Å². The van der Waals surface area contributed by atoms with E-state index in [0.717, 1.165) is 16.8 Å². The molecule has 0 saturated carbocycles. The lowest BCUT2D eigenvalue weighted by Crippen LogP contribution is -2.28. The van der Waals surface area contributed by atoms with Gasteiger partial charge in [0.05, 0.1) is 24.3 Å². The molecule has 0 aliphatic heterocycles. The number of rotatable bonds is 8. The zero-order valence-corrected chi connectivity index (χ0v) is 20.3. The number of carbonyl (C=O) groups excluding carboxylic acids is 1. The Morgan fingerprint density at radius 1 is 0.914 bits per heavy atom. The van der Waals surface area contributed by atoms with Gasteiger partial charge >= 0.3 is 0 Å². The normalized spacial score (nSPS) is 11.4. The van der Waals surface area contributed by atoms with E-state index in [0.29, 0.717) is 42.2 Å². The molecule has 3 aromatic carbocycles. The lowest BCUT2D eigenvalue weighted by atomic mass is 9.95. The van der Waals surface area contributed by atoms with Crippen LogP contribution in [0.5, 0.6) is 0 Å². The van der Waals surface area contributed by atoms with Crippen LogP contribution in [0.15, 0.2) is 88.1 Å². The second-order valence-electron chi connectivity index (χ2n) is 9.37. The third-order valence-electron chi connectivity index (χ3n) is 5.55. The van der Waals surface area contributed by atoms with Crippen molar-refractivity contribution in [3.63, 3.8) is 0 Å². The minimum Gasteiger partial charge on any atom is -0.456 e. The fraction of sp³-hybridized carbons (Fsp3) is 0.241. The summed E-state index contributed by atoms with van der Waals surface area (Å²) in [6, 6.07) is 24.4. The van der Waals surface area contributed by atoms with Crippen LogP contribution in [0.3, 0.4) is 0 Å². The van der Waals surface area contributed by atoms with Gasteiger partial charge in [0.25, 0.3) is 0 Å². The summed E-state index contributed by atoms with van der Waals surface area (Å²) in [5, 5.41) is 6.59. The Balaban J connectivity index is 1.52. The van der Waals surface area contributed by atoms with E-state index in [-0.39, 0.29) is 11.3 Å². The van der Waals surface area contributed by atoms with Crippen molar-refractivity contribution in [1.29, 1.82) is 0 Å². The maximum Gasteiger partial charge on any atom is 0.229 e. The summed E-state index contributed by atoms with van der Waals surface area (Å²) in [6.45, 7) is 7.16. The van der Waals surface area contributed by atoms with Crippen molar-refractivity contribution >= 4 is 28.3 Å². The molecule has 0 unspecified atom stereocenters. The summed E-state index contributed by atoms with van der Waals surface area (Å²) in [5.41, 5.74) is 2.81. The van der Waals surface area contributed by atoms with Gasteiger partial charge in [0.2, 0.25) is 5.91 Å². The minimum absolute atomic E-state index is 0.169. The summed E-state index contributed by atoms with van der Waals surface area (Å²) in [4.78, 5) is 25.6. The first kappa shape index (κ1) is 24.2. The Morgan fingerprint density at radius 2 is 1.63 bits per heavy atom. The molecule has 180 valence electrons. The lowest BCUT2D eigenvalue weighted by Gasteiger charge is -2.18. The van der Waals surface area contributed by atoms with E-state index in [2.05, 4.69) is 10.6 Å². The van der Waals surface area contributed by atoms with E-state index in [1.807, 2.05) is 75.4 Å². The van der Waals surface area contributed by atoms with Gasteiger partial charge in [0.15, 0.2) is 5.43 Å². The van der Waals surface area contributed by atoms with E-state index in [1.165, 1.54) is 6.07 Å². The molecule has 2 N–H and O–H groups in total. The molecule has 6 nitrogen and oxygen atoms in total. The summed E-state index contributed by atoms with van der Waals surface area (Å²) in [7, 11) is 0. The van der Waals surface area contributed by atoms with Gasteiger partial charge in [0.1, 0.15) is 11.3 Å². The number of para-hydroxylation sites is 1. The van der Waals surface area contributed by atoms with Crippen LogP contribution in [0.1, 0.15) is 26.3 Å². The van der Waals surface area contributed by atoms with Gasteiger partial charge in [-0.2, -0.15) is 0 Å². The predicted molar refractivity (Wildman–Crippen MR) is 141 cm³/mol. The number of fused-ring (bicyclic) bond motifs is 1. The van der Waals surface area contributed by atoms with Gasteiger partial charge in [-0.1, -0.05) is 69.3 Å². The molecular weight excluding hydrogens is 440 g/mol. The van der Waals surface area contributed by atoms with Crippen molar-refractivity contribution < 1.29 is 13.9 Å². The molecule has 0 aliphatic rings. The molecule has 0 spiro atoms. The quantitative estimate of drug-likeness (QED) is 0.305. The highest BCUT2D eigenvalue weighted by Gasteiger charge is 2.22. The van der Waals surface area contributed by atoms with Crippen LogP contribution in [0.25, 0.3) is 22.3 Å². The van der Waals surface area contributed by atoms with E-state index in [1.54, 1.807) is 18.2 Å². The zero-order valence-electron chi connectivity index (χ0n) is 20.3. The number of carbonyl (C=O) groups is 1. The van der Waals surface area contributed by atoms with Crippen molar-refractivity contribution in [2.45, 2.75) is 27.4 Å². The van der Waals surface area contributed by atoms with Crippen molar-refractivity contribution in [2.24, 2.45) is 5.41 Å². The van der Waals surface area contributed by atoms with Gasteiger partial charge in [-0.05, 0) is 29.8 Å². The molecular formula is C29H30N2O4. The van der Waals surface area contributed by atoms with Gasteiger partial charge in [-0.25, -0.2) is 0 Å². The van der Waals surface area contributed by atoms with Crippen LogP contribution in [0, 0.1) is 5.41 Å². The Hall–Kier alpha value is -3.90. The summed E-state index contributed by atoms with van der Waals surface area (Å²) >= 11 is 0. The number of amides is 1. The lowest BCUT2D eigenvalue weighted by molar-refractivity contribution is -0.123. The van der Waals surface area contributed by atoms with Crippen LogP contribution in [-0.4, -0.2) is 19.1 Å². The second kappa shape index (κ2) is 10.6. The summed E-state index contributed by atoms with van der Waals surface area (Å²) in [5.74, 6) is 0.285. The Kier molecular flexibility index (Phi) is 7.32. The Bertz CT molecular complexity index is 1370. The molecule has 6 heteroatoms. The fourth-order valence-corrected chi connectivity index (χ4v) is 3.63. The third kappa shape index (κ3) is 5.97. The van der Waals surface area contributed by atoms with Crippen LogP contribution in [0.4, 0.5) is 11.4 Å². The highest BCUT2D eigenvalue weighted by atomic mass is 16.5. The number of hydrogen-bond donors (Lipinski definition) is 2. The molecule has 0 aliphatic carbocycles. The summed E-state index contributed by atoms with van der Waals surface area (Å²) in [6.07, 6.45) is 0. The van der Waals surface area contributed by atoms with Crippen molar-refractivity contribution in [1.82, 2.24) is 0 Å². The van der Waals surface area contributed by atoms with E-state index in [9.17, 15) is 9.59 Å². The number of ether oxygens (including phenoxy) is 1. The largest absolute Gasteiger partial charge is 0.456 e. The molecule has 0 bridgehead atoms. The molecule has 35 heavy (non-hydrogen) atoms. The Labute approximate surface area is 204 Å². The van der Waals surface area contributed by atoms with Crippen LogP contribution in [-0.2, 0) is 16.1 Å². The smallest absolute Gasteiger partial charge is 0.229 e. The highest BCUT2D eigenvalue weighted by molar-refractivity contribution is 6.02. The van der Waals surface area contributed by atoms with Crippen molar-refractivity contribution in [3.05, 3.63) is 94.6 Å². The molecule has 1 amide bonds. The Morgan fingerprint density at radius 3 is 2.40 bits per heavy atom. The highest BCUT2D eigenvalue weighted by Crippen LogP contribution is 2.31. The second-order valence-corrected chi connectivity index (χ2v) is 9.37. The van der Waals surface area contributed by atoms with E-state index >= 15 is 0 Å². The number of nitrogens with one attached hydrogen (secondary N) is 2. The third-order valence-corrected chi connectivity index (χ3v) is 5.55. The maximum absolute atomic E-state index is 13.1.